The zero-order valence-electron chi connectivity index (χ0n) is 6.29. The van der Waals surface area contributed by atoms with E-state index in [0.717, 1.165) is 0 Å². The van der Waals surface area contributed by atoms with Gasteiger partial charge in [-0.2, -0.15) is 0 Å². The second kappa shape index (κ2) is 3.71. The zero-order valence-corrected chi connectivity index (χ0v) is 6.29. The first kappa shape index (κ1) is 8.52. The molecule has 0 bridgehead atoms. The van der Waals surface area contributed by atoms with Crippen molar-refractivity contribution in [3.05, 3.63) is 29.8 Å². The van der Waals surface area contributed by atoms with Gasteiger partial charge in [0.25, 0.3) is 0 Å². The second-order valence-electron chi connectivity index (χ2n) is 2.16. The van der Waals surface area contributed by atoms with Gasteiger partial charge >= 0.3 is 6.09 Å². The molecule has 2 N–H and O–H groups in total. The number of halogens is 1. The number of rotatable bonds is 2. The SMILES string of the molecule is NC(=O)Oc1ccccc1CF. The standard InChI is InChI=1S/C8H8FNO2/c9-5-6-3-1-2-4-7(6)12-8(10)11/h1-4H,5H2,(H2,10,11). The summed E-state index contributed by atoms with van der Waals surface area (Å²) in [7, 11) is 0. The number of amides is 1. The molecule has 0 spiro atoms. The predicted molar refractivity (Wildman–Crippen MR) is 41.5 cm³/mol. The molecule has 0 fully saturated rings. The van der Waals surface area contributed by atoms with E-state index >= 15 is 0 Å². The van der Waals surface area contributed by atoms with E-state index < -0.39 is 12.8 Å². The number of hydrogen-bond acceptors (Lipinski definition) is 2. The van der Waals surface area contributed by atoms with Crippen LogP contribution in [0.3, 0.4) is 0 Å². The number of carbonyl (C=O) groups is 1. The highest BCUT2D eigenvalue weighted by atomic mass is 19.1. The van der Waals surface area contributed by atoms with Gasteiger partial charge in [-0.1, -0.05) is 18.2 Å². The number of hydrogen-bond donors (Lipinski definition) is 1. The van der Waals surface area contributed by atoms with Gasteiger partial charge in [-0.25, -0.2) is 9.18 Å². The van der Waals surface area contributed by atoms with Crippen LogP contribution in [0, 0.1) is 0 Å². The normalized spacial score (nSPS) is 9.42. The third-order valence-electron chi connectivity index (χ3n) is 1.33. The minimum Gasteiger partial charge on any atom is -0.410 e. The molecule has 64 valence electrons. The van der Waals surface area contributed by atoms with Crippen molar-refractivity contribution in [1.82, 2.24) is 0 Å². The summed E-state index contributed by atoms with van der Waals surface area (Å²) >= 11 is 0. The Morgan fingerprint density at radius 2 is 2.17 bits per heavy atom. The van der Waals surface area contributed by atoms with Gasteiger partial charge in [-0.3, -0.25) is 0 Å². The van der Waals surface area contributed by atoms with Crippen LogP contribution < -0.4 is 10.5 Å². The average Bonchev–Trinajstić information content (AvgIpc) is 2.04. The molecule has 0 heterocycles. The van der Waals surface area contributed by atoms with Crippen molar-refractivity contribution in [1.29, 1.82) is 0 Å². The van der Waals surface area contributed by atoms with Gasteiger partial charge in [0, 0.05) is 5.56 Å². The van der Waals surface area contributed by atoms with E-state index in [4.69, 9.17) is 5.73 Å². The maximum Gasteiger partial charge on any atom is 0.409 e. The maximum absolute atomic E-state index is 12.2. The molecule has 4 heteroatoms. The van der Waals surface area contributed by atoms with Crippen molar-refractivity contribution in [2.24, 2.45) is 5.73 Å². The lowest BCUT2D eigenvalue weighted by Gasteiger charge is -2.03. The quantitative estimate of drug-likeness (QED) is 0.731. The third-order valence-corrected chi connectivity index (χ3v) is 1.33. The fourth-order valence-electron chi connectivity index (χ4n) is 0.822. The van der Waals surface area contributed by atoms with Gasteiger partial charge in [-0.05, 0) is 6.07 Å². The molecule has 0 saturated heterocycles. The summed E-state index contributed by atoms with van der Waals surface area (Å²) in [6.45, 7) is -0.677. The molecular formula is C8H8FNO2. The van der Waals surface area contributed by atoms with E-state index in [9.17, 15) is 9.18 Å². The molecule has 0 atom stereocenters. The second-order valence-corrected chi connectivity index (χ2v) is 2.16. The number of alkyl halides is 1. The van der Waals surface area contributed by atoms with Crippen molar-refractivity contribution < 1.29 is 13.9 Å². The van der Waals surface area contributed by atoms with Crippen molar-refractivity contribution >= 4 is 6.09 Å². The van der Waals surface area contributed by atoms with Crippen molar-refractivity contribution in [2.75, 3.05) is 0 Å². The molecule has 0 saturated carbocycles. The van der Waals surface area contributed by atoms with Crippen LogP contribution in [0.5, 0.6) is 5.75 Å². The van der Waals surface area contributed by atoms with Crippen molar-refractivity contribution in [3.63, 3.8) is 0 Å². The number of nitrogens with two attached hydrogens (primary N) is 1. The molecule has 12 heavy (non-hydrogen) atoms. The Balaban J connectivity index is 2.89. The number of primary amides is 1. The highest BCUT2D eigenvalue weighted by Gasteiger charge is 2.04. The molecule has 1 aromatic carbocycles. The molecule has 0 aliphatic heterocycles. The van der Waals surface area contributed by atoms with Gasteiger partial charge in [0.1, 0.15) is 12.4 Å². The van der Waals surface area contributed by atoms with Gasteiger partial charge in [0.05, 0.1) is 0 Å². The minimum absolute atomic E-state index is 0.174. The van der Waals surface area contributed by atoms with E-state index in [0.29, 0.717) is 5.56 Å². The topological polar surface area (TPSA) is 52.3 Å². The van der Waals surface area contributed by atoms with Gasteiger partial charge < -0.3 is 10.5 Å². The van der Waals surface area contributed by atoms with Crippen LogP contribution in [-0.2, 0) is 6.67 Å². The molecule has 0 aliphatic carbocycles. The van der Waals surface area contributed by atoms with Gasteiger partial charge in [0.2, 0.25) is 0 Å². The fraction of sp³-hybridized carbons (Fsp3) is 0.125. The lowest BCUT2D eigenvalue weighted by atomic mass is 10.2. The Morgan fingerprint density at radius 1 is 1.50 bits per heavy atom. The average molecular weight is 169 g/mol. The molecule has 0 aliphatic rings. The molecule has 1 aromatic rings. The van der Waals surface area contributed by atoms with Crippen molar-refractivity contribution in [2.45, 2.75) is 6.67 Å². The molecule has 3 nitrogen and oxygen atoms in total. The minimum atomic E-state index is -0.934. The third kappa shape index (κ3) is 1.95. The maximum atomic E-state index is 12.2. The predicted octanol–water partition coefficient (Wildman–Crippen LogP) is 1.61. The van der Waals surface area contributed by atoms with Gasteiger partial charge in [0.15, 0.2) is 0 Å². The Hall–Kier alpha value is -1.58. The number of para-hydroxylation sites is 1. The summed E-state index contributed by atoms with van der Waals surface area (Å²) in [5.74, 6) is 0.174. The first-order valence-corrected chi connectivity index (χ1v) is 3.35. The van der Waals surface area contributed by atoms with Crippen LogP contribution in [0.2, 0.25) is 0 Å². The summed E-state index contributed by atoms with van der Waals surface area (Å²) in [5.41, 5.74) is 5.08. The van der Waals surface area contributed by atoms with Crippen molar-refractivity contribution in [3.8, 4) is 5.75 Å². The van der Waals surface area contributed by atoms with E-state index in [-0.39, 0.29) is 5.75 Å². The summed E-state index contributed by atoms with van der Waals surface area (Å²) in [4.78, 5) is 10.3. The summed E-state index contributed by atoms with van der Waals surface area (Å²) in [6, 6.07) is 6.30. The highest BCUT2D eigenvalue weighted by Crippen LogP contribution is 2.18. The molecule has 1 amide bonds. The lowest BCUT2D eigenvalue weighted by molar-refractivity contribution is 0.210. The smallest absolute Gasteiger partial charge is 0.409 e. The molecule has 0 aromatic heterocycles. The van der Waals surface area contributed by atoms with Crippen LogP contribution >= 0.6 is 0 Å². The van der Waals surface area contributed by atoms with Gasteiger partial charge in [-0.15, -0.1) is 0 Å². The van der Waals surface area contributed by atoms with Crippen LogP contribution in [0.15, 0.2) is 24.3 Å². The molecule has 1 rings (SSSR count). The van der Waals surface area contributed by atoms with Crippen LogP contribution in [0.25, 0.3) is 0 Å². The molecular weight excluding hydrogens is 161 g/mol. The Morgan fingerprint density at radius 3 is 2.75 bits per heavy atom. The molecule has 0 radical (unpaired) electrons. The fourth-order valence-corrected chi connectivity index (χ4v) is 0.822. The number of ether oxygens (including phenoxy) is 1. The van der Waals surface area contributed by atoms with Crippen LogP contribution in [0.1, 0.15) is 5.56 Å². The van der Waals surface area contributed by atoms with E-state index in [1.165, 1.54) is 12.1 Å². The number of carbonyl (C=O) groups excluding carboxylic acids is 1. The Bertz CT molecular complexity index is 288. The summed E-state index contributed by atoms with van der Waals surface area (Å²) in [6.07, 6.45) is -0.934. The Labute approximate surface area is 68.9 Å². The van der Waals surface area contributed by atoms with E-state index in [1.807, 2.05) is 0 Å². The van der Waals surface area contributed by atoms with Crippen LogP contribution in [0.4, 0.5) is 9.18 Å². The number of benzene rings is 1. The largest absolute Gasteiger partial charge is 0.410 e. The summed E-state index contributed by atoms with van der Waals surface area (Å²) in [5, 5.41) is 0. The summed E-state index contributed by atoms with van der Waals surface area (Å²) < 4.78 is 16.7. The first-order chi connectivity index (χ1) is 5.74. The first-order valence-electron chi connectivity index (χ1n) is 3.35. The van der Waals surface area contributed by atoms with E-state index in [1.54, 1.807) is 12.1 Å². The van der Waals surface area contributed by atoms with E-state index in [2.05, 4.69) is 4.74 Å². The lowest BCUT2D eigenvalue weighted by Crippen LogP contribution is -2.16. The highest BCUT2D eigenvalue weighted by molar-refractivity contribution is 5.68. The Kier molecular flexibility index (Phi) is 2.63. The monoisotopic (exact) mass is 169 g/mol. The zero-order chi connectivity index (χ0) is 8.97. The van der Waals surface area contributed by atoms with Crippen LogP contribution in [-0.4, -0.2) is 6.09 Å². The molecule has 0 unspecified atom stereocenters.